The van der Waals surface area contributed by atoms with Gasteiger partial charge in [-0.05, 0) is 51.2 Å². The van der Waals surface area contributed by atoms with Gasteiger partial charge in [-0.25, -0.2) is 9.78 Å². The van der Waals surface area contributed by atoms with Crippen molar-refractivity contribution in [3.8, 4) is 11.3 Å². The summed E-state index contributed by atoms with van der Waals surface area (Å²) in [6.07, 6.45) is 0.463. The summed E-state index contributed by atoms with van der Waals surface area (Å²) in [6.45, 7) is 6.51. The minimum absolute atomic E-state index is 0.0818. The van der Waals surface area contributed by atoms with E-state index in [1.807, 2.05) is 52.2 Å². The van der Waals surface area contributed by atoms with Crippen LogP contribution in [-0.4, -0.2) is 78.1 Å². The molecule has 2 aromatic carbocycles. The van der Waals surface area contributed by atoms with Gasteiger partial charge in [0.2, 0.25) is 0 Å². The van der Waals surface area contributed by atoms with Crippen molar-refractivity contribution in [2.75, 3.05) is 40.3 Å². The lowest BCUT2D eigenvalue weighted by atomic mass is 10.1. The standard InChI is InChI=1S/C28H33ClN4O3/c1-5-14-36-28(35)33-13-12-32(17-19(33)2)27(34)22-10-11-23-24(29)16-25(30-26(23)15-22)21-8-6-20(7-9-21)18-31(3)4/h6-11,15-16,19H,5,12-14,17-18H2,1-4H3/t19-/m1/s1. The van der Waals surface area contributed by atoms with Crippen LogP contribution in [0.25, 0.3) is 22.2 Å². The number of aromatic nitrogens is 1. The van der Waals surface area contributed by atoms with E-state index in [1.54, 1.807) is 21.9 Å². The lowest BCUT2D eigenvalue weighted by molar-refractivity contribution is 0.0412. The van der Waals surface area contributed by atoms with Gasteiger partial charge in [-0.1, -0.05) is 48.9 Å². The number of ether oxygens (including phenoxy) is 1. The highest BCUT2D eigenvalue weighted by Gasteiger charge is 2.31. The molecule has 0 saturated carbocycles. The summed E-state index contributed by atoms with van der Waals surface area (Å²) in [5.74, 6) is -0.0818. The number of halogens is 1. The summed E-state index contributed by atoms with van der Waals surface area (Å²) in [4.78, 5) is 36.0. The molecule has 1 atom stereocenters. The van der Waals surface area contributed by atoms with E-state index in [0.29, 0.717) is 42.3 Å². The number of benzene rings is 2. The predicted octanol–water partition coefficient (Wildman–Crippen LogP) is 5.31. The lowest BCUT2D eigenvalue weighted by Gasteiger charge is -2.39. The molecule has 2 heterocycles. The molecule has 1 aliphatic rings. The molecule has 1 saturated heterocycles. The number of nitrogens with zero attached hydrogens (tertiary/aromatic N) is 4. The number of carbonyl (C=O) groups is 2. The third-order valence-electron chi connectivity index (χ3n) is 6.33. The molecule has 1 fully saturated rings. The molecular formula is C28H33ClN4O3. The first kappa shape index (κ1) is 25.9. The van der Waals surface area contributed by atoms with E-state index in [-0.39, 0.29) is 18.0 Å². The quantitative estimate of drug-likeness (QED) is 0.451. The first-order valence-electron chi connectivity index (χ1n) is 12.3. The fourth-order valence-electron chi connectivity index (χ4n) is 4.48. The molecule has 0 radical (unpaired) electrons. The first-order chi connectivity index (χ1) is 17.3. The van der Waals surface area contributed by atoms with Crippen LogP contribution >= 0.6 is 11.6 Å². The van der Waals surface area contributed by atoms with E-state index in [4.69, 9.17) is 21.3 Å². The van der Waals surface area contributed by atoms with Crippen LogP contribution in [0.15, 0.2) is 48.5 Å². The zero-order chi connectivity index (χ0) is 25.8. The molecule has 0 bridgehead atoms. The van der Waals surface area contributed by atoms with Crippen molar-refractivity contribution >= 4 is 34.5 Å². The third-order valence-corrected chi connectivity index (χ3v) is 6.65. The fourth-order valence-corrected chi connectivity index (χ4v) is 4.74. The number of fused-ring (bicyclic) bond motifs is 1. The van der Waals surface area contributed by atoms with Gasteiger partial charge in [-0.15, -0.1) is 0 Å². The van der Waals surface area contributed by atoms with Gasteiger partial charge in [-0.3, -0.25) is 4.79 Å². The minimum Gasteiger partial charge on any atom is -0.449 e. The Morgan fingerprint density at radius 2 is 1.86 bits per heavy atom. The maximum absolute atomic E-state index is 13.3. The number of pyridine rings is 1. The van der Waals surface area contributed by atoms with E-state index in [1.165, 1.54) is 5.56 Å². The van der Waals surface area contributed by atoms with Crippen molar-refractivity contribution in [3.63, 3.8) is 0 Å². The van der Waals surface area contributed by atoms with Gasteiger partial charge in [-0.2, -0.15) is 0 Å². The average Bonchev–Trinajstić information content (AvgIpc) is 2.86. The van der Waals surface area contributed by atoms with E-state index >= 15 is 0 Å². The minimum atomic E-state index is -0.316. The van der Waals surface area contributed by atoms with Crippen LogP contribution < -0.4 is 0 Å². The van der Waals surface area contributed by atoms with Gasteiger partial charge in [0.25, 0.3) is 5.91 Å². The summed E-state index contributed by atoms with van der Waals surface area (Å²) in [6, 6.07) is 15.5. The molecule has 3 aromatic rings. The second-order valence-electron chi connectivity index (χ2n) is 9.56. The molecule has 190 valence electrons. The van der Waals surface area contributed by atoms with Crippen LogP contribution in [0.1, 0.15) is 36.2 Å². The van der Waals surface area contributed by atoms with Crippen LogP contribution in [0.5, 0.6) is 0 Å². The van der Waals surface area contributed by atoms with Gasteiger partial charge in [0, 0.05) is 48.7 Å². The number of rotatable bonds is 6. The highest BCUT2D eigenvalue weighted by Crippen LogP contribution is 2.29. The molecule has 8 heteroatoms. The van der Waals surface area contributed by atoms with E-state index in [2.05, 4.69) is 17.0 Å². The Kier molecular flexibility index (Phi) is 8.11. The largest absolute Gasteiger partial charge is 0.449 e. The Hall–Kier alpha value is -3.16. The zero-order valence-electron chi connectivity index (χ0n) is 21.3. The third kappa shape index (κ3) is 5.79. The Morgan fingerprint density at radius 3 is 2.53 bits per heavy atom. The summed E-state index contributed by atoms with van der Waals surface area (Å²) >= 11 is 6.60. The lowest BCUT2D eigenvalue weighted by Crippen LogP contribution is -2.55. The van der Waals surface area contributed by atoms with Crippen LogP contribution in [0, 0.1) is 0 Å². The highest BCUT2D eigenvalue weighted by molar-refractivity contribution is 6.35. The van der Waals surface area contributed by atoms with Crippen molar-refractivity contribution in [3.05, 3.63) is 64.7 Å². The van der Waals surface area contributed by atoms with E-state index in [0.717, 1.165) is 29.6 Å². The molecule has 1 aromatic heterocycles. The Bertz CT molecular complexity index is 1250. The SMILES string of the molecule is CCCOC(=O)N1CCN(C(=O)c2ccc3c(Cl)cc(-c4ccc(CN(C)C)cc4)nc3c2)C[C@H]1C. The number of carbonyl (C=O) groups excluding carboxylic acids is 2. The van der Waals surface area contributed by atoms with Crippen molar-refractivity contribution in [1.82, 2.24) is 19.7 Å². The van der Waals surface area contributed by atoms with Gasteiger partial charge >= 0.3 is 6.09 Å². The van der Waals surface area contributed by atoms with Crippen molar-refractivity contribution in [2.45, 2.75) is 32.9 Å². The Labute approximate surface area is 217 Å². The topological polar surface area (TPSA) is 66.0 Å². The first-order valence-corrected chi connectivity index (χ1v) is 12.7. The number of amides is 2. The number of hydrogen-bond acceptors (Lipinski definition) is 5. The van der Waals surface area contributed by atoms with Crippen LogP contribution in [0.4, 0.5) is 4.79 Å². The molecule has 0 spiro atoms. The molecule has 1 aliphatic heterocycles. The highest BCUT2D eigenvalue weighted by atomic mass is 35.5. The molecule has 0 unspecified atom stereocenters. The zero-order valence-corrected chi connectivity index (χ0v) is 22.1. The van der Waals surface area contributed by atoms with E-state index < -0.39 is 0 Å². The number of hydrogen-bond donors (Lipinski definition) is 0. The summed E-state index contributed by atoms with van der Waals surface area (Å²) in [7, 11) is 4.08. The van der Waals surface area contributed by atoms with Gasteiger partial charge in [0.1, 0.15) is 0 Å². The van der Waals surface area contributed by atoms with Crippen molar-refractivity contribution < 1.29 is 14.3 Å². The summed E-state index contributed by atoms with van der Waals surface area (Å²) in [5.41, 5.74) is 4.19. The van der Waals surface area contributed by atoms with Crippen LogP contribution in [0.2, 0.25) is 5.02 Å². The van der Waals surface area contributed by atoms with Crippen LogP contribution in [0.3, 0.4) is 0 Å². The fraction of sp³-hybridized carbons (Fsp3) is 0.393. The van der Waals surface area contributed by atoms with Crippen molar-refractivity contribution in [2.24, 2.45) is 0 Å². The molecule has 7 nitrogen and oxygen atoms in total. The summed E-state index contributed by atoms with van der Waals surface area (Å²) in [5, 5.41) is 1.40. The molecule has 4 rings (SSSR count). The normalized spacial score (nSPS) is 16.0. The van der Waals surface area contributed by atoms with Gasteiger partial charge < -0.3 is 19.4 Å². The van der Waals surface area contributed by atoms with Gasteiger partial charge in [0.15, 0.2) is 0 Å². The Balaban J connectivity index is 1.53. The molecule has 36 heavy (non-hydrogen) atoms. The Morgan fingerprint density at radius 1 is 1.11 bits per heavy atom. The molecule has 0 N–H and O–H groups in total. The molecule has 2 amide bonds. The van der Waals surface area contributed by atoms with Crippen LogP contribution in [-0.2, 0) is 11.3 Å². The van der Waals surface area contributed by atoms with Gasteiger partial charge in [0.05, 0.1) is 22.8 Å². The van der Waals surface area contributed by atoms with E-state index in [9.17, 15) is 9.59 Å². The average molecular weight is 509 g/mol. The predicted molar refractivity (Wildman–Crippen MR) is 143 cm³/mol. The second kappa shape index (κ2) is 11.3. The second-order valence-corrected chi connectivity index (χ2v) is 9.97. The smallest absolute Gasteiger partial charge is 0.410 e. The van der Waals surface area contributed by atoms with Crippen molar-refractivity contribution in [1.29, 1.82) is 0 Å². The maximum atomic E-state index is 13.3. The molecular weight excluding hydrogens is 476 g/mol. The molecule has 0 aliphatic carbocycles. The number of piperazine rings is 1. The summed E-state index contributed by atoms with van der Waals surface area (Å²) < 4.78 is 5.27. The maximum Gasteiger partial charge on any atom is 0.410 e. The monoisotopic (exact) mass is 508 g/mol.